The Morgan fingerprint density at radius 2 is 1.69 bits per heavy atom. The number of ether oxygens (including phenoxy) is 3. The Labute approximate surface area is 199 Å². The zero-order valence-corrected chi connectivity index (χ0v) is 18.9. The zero-order valence-electron chi connectivity index (χ0n) is 18.9. The second-order valence-corrected chi connectivity index (χ2v) is 7.75. The van der Waals surface area contributed by atoms with Crippen LogP contribution in [0.25, 0.3) is 33.1 Å². The Bertz CT molecular complexity index is 1600. The molecule has 2 heterocycles. The maximum Gasteiger partial charge on any atom is 0.250 e. The molecule has 0 saturated heterocycles. The molecule has 0 unspecified atom stereocenters. The minimum Gasteiger partial charge on any atom is -0.493 e. The van der Waals surface area contributed by atoms with Crippen molar-refractivity contribution in [2.75, 3.05) is 14.2 Å². The van der Waals surface area contributed by atoms with Crippen LogP contribution < -0.4 is 19.9 Å². The molecule has 5 rings (SSSR count). The predicted molar refractivity (Wildman–Crippen MR) is 131 cm³/mol. The number of halogens is 1. The van der Waals surface area contributed by atoms with E-state index in [1.165, 1.54) is 12.1 Å². The average molecular weight is 469 g/mol. The first-order chi connectivity index (χ1) is 17.0. The number of hydrogen-bond acceptors (Lipinski definition) is 6. The number of fused-ring (bicyclic) bond motifs is 2. The van der Waals surface area contributed by atoms with E-state index in [9.17, 15) is 9.18 Å². The average Bonchev–Trinajstić information content (AvgIpc) is 2.87. The third-order valence-electron chi connectivity index (χ3n) is 5.58. The van der Waals surface area contributed by atoms with Gasteiger partial charge in [0.25, 0.3) is 5.91 Å². The lowest BCUT2D eigenvalue weighted by atomic mass is 10.0. The molecule has 0 saturated carbocycles. The summed E-state index contributed by atoms with van der Waals surface area (Å²) < 4.78 is 30.7. The van der Waals surface area contributed by atoms with Crippen LogP contribution >= 0.6 is 0 Å². The molecule has 35 heavy (non-hydrogen) atoms. The van der Waals surface area contributed by atoms with Crippen LogP contribution in [0.1, 0.15) is 10.4 Å². The molecule has 7 nitrogen and oxygen atoms in total. The largest absolute Gasteiger partial charge is 0.493 e. The lowest BCUT2D eigenvalue weighted by Gasteiger charge is -2.13. The smallest absolute Gasteiger partial charge is 0.250 e. The molecule has 3 aromatic carbocycles. The van der Waals surface area contributed by atoms with Gasteiger partial charge in [0.1, 0.15) is 17.3 Å². The van der Waals surface area contributed by atoms with Gasteiger partial charge >= 0.3 is 0 Å². The predicted octanol–water partition coefficient (Wildman–Crippen LogP) is 5.50. The number of nitrogens with zero attached hydrogens (tertiary/aromatic N) is 2. The zero-order chi connectivity index (χ0) is 24.5. The molecule has 0 fully saturated rings. The number of carbonyl (C=O) groups excluding carboxylic acids is 1. The Morgan fingerprint density at radius 1 is 0.886 bits per heavy atom. The van der Waals surface area contributed by atoms with Crippen LogP contribution in [0.15, 0.2) is 72.9 Å². The van der Waals surface area contributed by atoms with Gasteiger partial charge in [-0.2, -0.15) is 0 Å². The highest BCUT2D eigenvalue weighted by atomic mass is 19.1. The Balaban J connectivity index is 1.58. The van der Waals surface area contributed by atoms with Crippen LogP contribution in [0, 0.1) is 5.82 Å². The molecule has 0 aliphatic carbocycles. The number of pyridine rings is 2. The second kappa shape index (κ2) is 8.90. The van der Waals surface area contributed by atoms with E-state index in [1.807, 2.05) is 0 Å². The number of methoxy groups -OCH3 is 2. The van der Waals surface area contributed by atoms with Gasteiger partial charge in [0.15, 0.2) is 11.5 Å². The van der Waals surface area contributed by atoms with Gasteiger partial charge in [-0.05, 0) is 48.5 Å². The van der Waals surface area contributed by atoms with Gasteiger partial charge in [-0.15, -0.1) is 0 Å². The van der Waals surface area contributed by atoms with Gasteiger partial charge in [-0.3, -0.25) is 9.78 Å². The summed E-state index contributed by atoms with van der Waals surface area (Å²) in [5.74, 6) is 1.12. The van der Waals surface area contributed by atoms with E-state index in [4.69, 9.17) is 19.9 Å². The maximum absolute atomic E-state index is 13.8. The minimum atomic E-state index is -0.661. The number of aromatic nitrogens is 2. The Hall–Kier alpha value is -4.72. The van der Waals surface area contributed by atoms with Crippen molar-refractivity contribution < 1.29 is 23.4 Å². The SMILES string of the molecule is COc1cc2nccc(Oc3ccc4nc(-c5cccc(F)c5)c(C(N)=O)cc4c3)c2cc1OC. The fourth-order valence-electron chi connectivity index (χ4n) is 3.93. The van der Waals surface area contributed by atoms with Crippen molar-refractivity contribution in [2.45, 2.75) is 0 Å². The van der Waals surface area contributed by atoms with Crippen molar-refractivity contribution >= 4 is 27.7 Å². The van der Waals surface area contributed by atoms with Crippen LogP contribution in [0.5, 0.6) is 23.0 Å². The van der Waals surface area contributed by atoms with Crippen molar-refractivity contribution in [3.8, 4) is 34.3 Å². The van der Waals surface area contributed by atoms with E-state index in [-0.39, 0.29) is 5.56 Å². The standard InChI is InChI=1S/C27H20FN3O4/c1-33-24-13-19-22(14-25(24)34-2)30-9-8-23(19)35-18-6-7-21-16(11-18)12-20(27(29)32)26(31-21)15-4-3-5-17(28)10-15/h3-14H,1-2H3,(H2,29,32). The molecule has 0 aliphatic heterocycles. The maximum atomic E-state index is 13.8. The number of nitrogens with two attached hydrogens (primary N) is 1. The van der Waals surface area contributed by atoms with E-state index in [1.54, 1.807) is 75.0 Å². The normalized spacial score (nSPS) is 10.9. The molecular weight excluding hydrogens is 449 g/mol. The quantitative estimate of drug-likeness (QED) is 0.353. The van der Waals surface area contributed by atoms with Gasteiger partial charge in [0.05, 0.1) is 36.5 Å². The molecule has 0 bridgehead atoms. The van der Waals surface area contributed by atoms with E-state index in [0.717, 1.165) is 5.39 Å². The molecule has 8 heteroatoms. The Kier molecular flexibility index (Phi) is 5.62. The highest BCUT2D eigenvalue weighted by molar-refractivity contribution is 6.02. The topological polar surface area (TPSA) is 96.6 Å². The number of benzene rings is 3. The number of amides is 1. The third kappa shape index (κ3) is 4.17. The summed E-state index contributed by atoms with van der Waals surface area (Å²) in [6, 6.07) is 18.1. The van der Waals surface area contributed by atoms with Gasteiger partial charge in [0.2, 0.25) is 0 Å². The molecule has 174 valence electrons. The first kappa shape index (κ1) is 22.1. The van der Waals surface area contributed by atoms with Crippen LogP contribution in [0.3, 0.4) is 0 Å². The van der Waals surface area contributed by atoms with Crippen molar-refractivity contribution in [1.82, 2.24) is 9.97 Å². The molecule has 0 atom stereocenters. The van der Waals surface area contributed by atoms with E-state index < -0.39 is 11.7 Å². The fourth-order valence-corrected chi connectivity index (χ4v) is 3.93. The molecule has 2 N–H and O–H groups in total. The summed E-state index contributed by atoms with van der Waals surface area (Å²) in [5, 5.41) is 1.39. The second-order valence-electron chi connectivity index (χ2n) is 7.75. The molecule has 1 amide bonds. The van der Waals surface area contributed by atoms with Gasteiger partial charge in [-0.1, -0.05) is 12.1 Å². The van der Waals surface area contributed by atoms with E-state index >= 15 is 0 Å². The molecule has 0 radical (unpaired) electrons. The summed E-state index contributed by atoms with van der Waals surface area (Å²) in [5.41, 5.74) is 7.88. The number of rotatable bonds is 6. The third-order valence-corrected chi connectivity index (χ3v) is 5.58. The van der Waals surface area contributed by atoms with Crippen molar-refractivity contribution in [3.63, 3.8) is 0 Å². The Morgan fingerprint density at radius 3 is 2.43 bits per heavy atom. The molecular formula is C27H20FN3O4. The van der Waals surface area contributed by atoms with Crippen molar-refractivity contribution in [1.29, 1.82) is 0 Å². The van der Waals surface area contributed by atoms with Crippen LogP contribution in [-0.4, -0.2) is 30.1 Å². The van der Waals surface area contributed by atoms with Crippen LogP contribution in [0.4, 0.5) is 4.39 Å². The van der Waals surface area contributed by atoms with Crippen molar-refractivity contribution in [2.24, 2.45) is 5.73 Å². The highest BCUT2D eigenvalue weighted by Gasteiger charge is 2.16. The highest BCUT2D eigenvalue weighted by Crippen LogP contribution is 2.37. The minimum absolute atomic E-state index is 0.187. The molecule has 2 aromatic heterocycles. The monoisotopic (exact) mass is 469 g/mol. The number of hydrogen-bond donors (Lipinski definition) is 1. The molecule has 0 aliphatic rings. The van der Waals surface area contributed by atoms with Crippen LogP contribution in [0.2, 0.25) is 0 Å². The number of primary amides is 1. The lowest BCUT2D eigenvalue weighted by Crippen LogP contribution is -2.13. The summed E-state index contributed by atoms with van der Waals surface area (Å²) in [7, 11) is 3.12. The van der Waals surface area contributed by atoms with E-state index in [0.29, 0.717) is 50.7 Å². The van der Waals surface area contributed by atoms with Gasteiger partial charge in [-0.25, -0.2) is 9.37 Å². The van der Waals surface area contributed by atoms with Crippen LogP contribution in [-0.2, 0) is 0 Å². The van der Waals surface area contributed by atoms with Gasteiger partial charge < -0.3 is 19.9 Å². The van der Waals surface area contributed by atoms with E-state index in [2.05, 4.69) is 9.97 Å². The lowest BCUT2D eigenvalue weighted by molar-refractivity contribution is 0.100. The van der Waals surface area contributed by atoms with Gasteiger partial charge in [0, 0.05) is 28.6 Å². The first-order valence-corrected chi connectivity index (χ1v) is 10.7. The molecule has 5 aromatic rings. The fraction of sp³-hybridized carbons (Fsp3) is 0.0741. The summed E-state index contributed by atoms with van der Waals surface area (Å²) in [6.45, 7) is 0. The summed E-state index contributed by atoms with van der Waals surface area (Å²) in [6.07, 6.45) is 1.64. The summed E-state index contributed by atoms with van der Waals surface area (Å²) >= 11 is 0. The summed E-state index contributed by atoms with van der Waals surface area (Å²) in [4.78, 5) is 21.2. The number of carbonyl (C=O) groups is 1. The molecule has 0 spiro atoms. The first-order valence-electron chi connectivity index (χ1n) is 10.7. The van der Waals surface area contributed by atoms with Crippen molar-refractivity contribution in [3.05, 3.63) is 84.3 Å².